The zero-order valence-corrected chi connectivity index (χ0v) is 22.5. The SMILES string of the molecule is COc1ccc(Cl)cc1CN1C(=O)/C(=C/c2ccc(S(=O)(=O)NCCc3ccccc3)cc2)SC1=S. The summed E-state index contributed by atoms with van der Waals surface area (Å²) in [6.07, 6.45) is 2.30. The second-order valence-electron chi connectivity index (χ2n) is 7.93. The molecule has 0 unspecified atom stereocenters. The van der Waals surface area contributed by atoms with E-state index in [1.807, 2.05) is 30.3 Å². The second-order valence-corrected chi connectivity index (χ2v) is 11.8. The summed E-state index contributed by atoms with van der Waals surface area (Å²) in [6.45, 7) is 0.533. The van der Waals surface area contributed by atoms with Gasteiger partial charge in [0.2, 0.25) is 10.0 Å². The van der Waals surface area contributed by atoms with Crippen LogP contribution in [-0.2, 0) is 27.8 Å². The summed E-state index contributed by atoms with van der Waals surface area (Å²) >= 11 is 12.7. The van der Waals surface area contributed by atoms with Crippen LogP contribution in [0.25, 0.3) is 6.08 Å². The third kappa shape index (κ3) is 6.35. The molecule has 0 spiro atoms. The van der Waals surface area contributed by atoms with Crippen LogP contribution in [0.3, 0.4) is 0 Å². The van der Waals surface area contributed by atoms with E-state index in [-0.39, 0.29) is 17.3 Å². The number of halogens is 1. The van der Waals surface area contributed by atoms with Gasteiger partial charge in [0.05, 0.1) is 23.5 Å². The highest BCUT2D eigenvalue weighted by Crippen LogP contribution is 2.35. The average molecular weight is 559 g/mol. The molecule has 3 aromatic rings. The maximum Gasteiger partial charge on any atom is 0.266 e. The molecule has 0 aliphatic carbocycles. The Morgan fingerprint density at radius 3 is 2.50 bits per heavy atom. The topological polar surface area (TPSA) is 75.7 Å². The first-order chi connectivity index (χ1) is 17.3. The Bertz CT molecular complexity index is 1410. The normalized spacial score (nSPS) is 15.1. The summed E-state index contributed by atoms with van der Waals surface area (Å²) in [5, 5.41) is 0.538. The molecule has 0 radical (unpaired) electrons. The van der Waals surface area contributed by atoms with Crippen LogP contribution >= 0.6 is 35.6 Å². The first-order valence-electron chi connectivity index (χ1n) is 11.0. The number of ether oxygens (including phenoxy) is 1. The highest BCUT2D eigenvalue weighted by Gasteiger charge is 2.32. The summed E-state index contributed by atoms with van der Waals surface area (Å²) in [5.74, 6) is 0.387. The van der Waals surface area contributed by atoms with E-state index in [9.17, 15) is 13.2 Å². The summed E-state index contributed by atoms with van der Waals surface area (Å²) in [6, 6.07) is 21.3. The van der Waals surface area contributed by atoms with Crippen LogP contribution in [0.15, 0.2) is 82.6 Å². The minimum Gasteiger partial charge on any atom is -0.496 e. The Balaban J connectivity index is 1.42. The van der Waals surface area contributed by atoms with Crippen molar-refractivity contribution in [2.45, 2.75) is 17.9 Å². The van der Waals surface area contributed by atoms with E-state index in [1.54, 1.807) is 43.5 Å². The van der Waals surface area contributed by atoms with Crippen LogP contribution in [0.1, 0.15) is 16.7 Å². The van der Waals surface area contributed by atoms with Gasteiger partial charge in [0, 0.05) is 17.1 Å². The van der Waals surface area contributed by atoms with Gasteiger partial charge in [-0.3, -0.25) is 9.69 Å². The second kappa shape index (κ2) is 11.6. The zero-order valence-electron chi connectivity index (χ0n) is 19.3. The number of benzene rings is 3. The lowest BCUT2D eigenvalue weighted by Crippen LogP contribution is -2.27. The van der Waals surface area contributed by atoms with E-state index in [0.29, 0.717) is 38.5 Å². The van der Waals surface area contributed by atoms with E-state index in [0.717, 1.165) is 11.1 Å². The fourth-order valence-electron chi connectivity index (χ4n) is 3.63. The Morgan fingerprint density at radius 2 is 1.81 bits per heavy atom. The molecular weight excluding hydrogens is 536 g/mol. The molecule has 1 saturated heterocycles. The lowest BCUT2D eigenvalue weighted by Gasteiger charge is -2.17. The van der Waals surface area contributed by atoms with Crippen molar-refractivity contribution in [1.29, 1.82) is 0 Å². The van der Waals surface area contributed by atoms with Crippen LogP contribution < -0.4 is 9.46 Å². The predicted molar refractivity (Wildman–Crippen MR) is 148 cm³/mol. The maximum atomic E-state index is 13.0. The first kappa shape index (κ1) is 26.4. The van der Waals surface area contributed by atoms with Gasteiger partial charge >= 0.3 is 0 Å². The quantitative estimate of drug-likeness (QED) is 0.285. The number of amides is 1. The van der Waals surface area contributed by atoms with Crippen LogP contribution in [0.4, 0.5) is 0 Å². The number of carbonyl (C=O) groups is 1. The van der Waals surface area contributed by atoms with Crippen molar-refractivity contribution in [2.24, 2.45) is 0 Å². The number of rotatable bonds is 9. The molecule has 1 heterocycles. The van der Waals surface area contributed by atoms with Crippen molar-refractivity contribution >= 4 is 61.9 Å². The molecule has 4 rings (SSSR count). The van der Waals surface area contributed by atoms with Crippen LogP contribution in [-0.4, -0.2) is 37.2 Å². The van der Waals surface area contributed by atoms with Gasteiger partial charge in [-0.15, -0.1) is 0 Å². The average Bonchev–Trinajstić information content (AvgIpc) is 3.12. The van der Waals surface area contributed by atoms with E-state index in [2.05, 4.69) is 4.72 Å². The zero-order chi connectivity index (χ0) is 25.7. The maximum absolute atomic E-state index is 13.0. The summed E-state index contributed by atoms with van der Waals surface area (Å²) in [5.41, 5.74) is 2.50. The van der Waals surface area contributed by atoms with E-state index >= 15 is 0 Å². The number of methoxy groups -OCH3 is 1. The molecule has 1 aliphatic heterocycles. The standard InChI is InChI=1S/C26H23ClN2O4S3/c1-33-23-12-9-21(27)16-20(23)17-29-25(30)24(35-26(29)34)15-19-7-10-22(11-8-19)36(31,32)28-14-13-18-5-3-2-4-6-18/h2-12,15-16,28H,13-14,17H2,1H3/b24-15-. The molecule has 1 fully saturated rings. The van der Waals surface area contributed by atoms with Gasteiger partial charge in [0.1, 0.15) is 10.1 Å². The Kier molecular flexibility index (Phi) is 8.48. The molecule has 0 atom stereocenters. The third-order valence-corrected chi connectivity index (χ3v) is 8.57. The number of carbonyl (C=O) groups excluding carboxylic acids is 1. The molecule has 186 valence electrons. The number of hydrogen-bond donors (Lipinski definition) is 1. The molecule has 0 saturated carbocycles. The smallest absolute Gasteiger partial charge is 0.266 e. The van der Waals surface area contributed by atoms with Gasteiger partial charge < -0.3 is 4.74 Å². The van der Waals surface area contributed by atoms with Crippen LogP contribution in [0, 0.1) is 0 Å². The highest BCUT2D eigenvalue weighted by molar-refractivity contribution is 8.26. The molecule has 1 N–H and O–H groups in total. The van der Waals surface area contributed by atoms with Crippen LogP contribution in [0.5, 0.6) is 5.75 Å². The van der Waals surface area contributed by atoms with Crippen molar-refractivity contribution < 1.29 is 17.9 Å². The molecular formula is C26H23ClN2O4S3. The van der Waals surface area contributed by atoms with E-state index in [4.69, 9.17) is 28.6 Å². The number of thioether (sulfide) groups is 1. The summed E-state index contributed by atoms with van der Waals surface area (Å²) in [4.78, 5) is 15.2. The third-order valence-electron chi connectivity index (χ3n) is 5.48. The molecule has 1 amide bonds. The van der Waals surface area contributed by atoms with Crippen molar-refractivity contribution in [3.8, 4) is 5.75 Å². The largest absolute Gasteiger partial charge is 0.496 e. The molecule has 3 aromatic carbocycles. The van der Waals surface area contributed by atoms with Crippen molar-refractivity contribution in [1.82, 2.24) is 9.62 Å². The van der Waals surface area contributed by atoms with E-state index < -0.39 is 10.0 Å². The number of thiocarbonyl (C=S) groups is 1. The lowest BCUT2D eigenvalue weighted by molar-refractivity contribution is -0.122. The molecule has 36 heavy (non-hydrogen) atoms. The molecule has 0 bridgehead atoms. The first-order valence-corrected chi connectivity index (χ1v) is 14.1. The van der Waals surface area contributed by atoms with Gasteiger partial charge in [-0.2, -0.15) is 0 Å². The Hall–Kier alpha value is -2.69. The van der Waals surface area contributed by atoms with Crippen molar-refractivity contribution in [2.75, 3.05) is 13.7 Å². The van der Waals surface area contributed by atoms with Crippen molar-refractivity contribution in [3.05, 3.63) is 99.4 Å². The molecule has 10 heteroatoms. The predicted octanol–water partition coefficient (Wildman–Crippen LogP) is 5.27. The van der Waals surface area contributed by atoms with Gasteiger partial charge in [-0.05, 0) is 54.0 Å². The van der Waals surface area contributed by atoms with Gasteiger partial charge in [-0.25, -0.2) is 13.1 Å². The summed E-state index contributed by atoms with van der Waals surface area (Å²) in [7, 11) is -2.09. The number of hydrogen-bond acceptors (Lipinski definition) is 6. The molecule has 0 aromatic heterocycles. The minimum atomic E-state index is -3.64. The Labute approximate surface area is 225 Å². The van der Waals surface area contributed by atoms with Gasteiger partial charge in [-0.1, -0.05) is 78.0 Å². The summed E-state index contributed by atoms with van der Waals surface area (Å²) < 4.78 is 33.7. The number of sulfonamides is 1. The fraction of sp³-hybridized carbons (Fsp3) is 0.154. The Morgan fingerprint density at radius 1 is 1.08 bits per heavy atom. The monoisotopic (exact) mass is 558 g/mol. The lowest BCUT2D eigenvalue weighted by atomic mass is 10.2. The highest BCUT2D eigenvalue weighted by atomic mass is 35.5. The van der Waals surface area contributed by atoms with E-state index in [1.165, 1.54) is 28.8 Å². The minimum absolute atomic E-state index is 0.160. The molecule has 1 aliphatic rings. The molecule has 6 nitrogen and oxygen atoms in total. The fourth-order valence-corrected chi connectivity index (χ4v) is 6.11. The number of nitrogens with zero attached hydrogens (tertiary/aromatic N) is 1. The van der Waals surface area contributed by atoms with Gasteiger partial charge in [0.15, 0.2) is 0 Å². The van der Waals surface area contributed by atoms with Crippen LogP contribution in [0.2, 0.25) is 5.02 Å². The van der Waals surface area contributed by atoms with Gasteiger partial charge in [0.25, 0.3) is 5.91 Å². The number of nitrogens with one attached hydrogen (secondary N) is 1. The van der Waals surface area contributed by atoms with Crippen molar-refractivity contribution in [3.63, 3.8) is 0 Å².